The molecular formula is C62H103N15O22S. The van der Waals surface area contributed by atoms with Crippen LogP contribution in [0.4, 0.5) is 0 Å². The fraction of sp³-hybridized carbons (Fsp3) is 0.710. The molecule has 1 aliphatic rings. The Morgan fingerprint density at radius 2 is 0.820 bits per heavy atom. The minimum absolute atomic E-state index is 0.00510. The van der Waals surface area contributed by atoms with Gasteiger partial charge in [-0.15, -0.1) is 0 Å². The van der Waals surface area contributed by atoms with Crippen molar-refractivity contribution in [3.63, 3.8) is 0 Å². The first-order valence-electron chi connectivity index (χ1n) is 32.9. The maximum Gasteiger partial charge on any atom is 0.326 e. The van der Waals surface area contributed by atoms with E-state index in [9.17, 15) is 107 Å². The summed E-state index contributed by atoms with van der Waals surface area (Å²) in [6.45, 7) is 15.8. The Hall–Kier alpha value is -9.23. The van der Waals surface area contributed by atoms with Gasteiger partial charge in [0.1, 0.15) is 66.5 Å². The second-order valence-electron chi connectivity index (χ2n) is 26.5. The number of hydrogen-bond donors (Lipinski definition) is 19. The standard InChI is InChI=1S/C62H103N15O22S/c1-28(2)20-37(72-56(92)38(21-29(3)4)71-51(87)33(63)27-100)52(88)66-26-46(80)67-40(25-49(85)86)57(93)74-41(22-30(5)6)61(97)77-19-11-12-43(77)59(95)70-36(15-18-48(83)84)54(90)68-34(13-16-44(64)78)53(89)69-35(14-17-47(81)82)55(91)73-39(24-45(65)79)58(94)76-50(32(9)10)60(96)75-42(62(98)99)23-31(7)8/h28-43,50,100H,11-27,63H2,1-10H3,(H2,64,78)(H2,65,79)(H,66,88)(H,67,80)(H,68,90)(H,69,89)(H,70,95)(H,71,87)(H,72,92)(H,73,91)(H,74,93)(H,75,96)(H,76,94)(H,81,82)(H,83,84)(H,85,86)(H,98,99)/t33-,34-,35-,36-,37-,38-,39-,40-,41-,42-,43-,50-/m0/s1. The number of carbonyl (C=O) groups is 18. The van der Waals surface area contributed by atoms with Gasteiger partial charge in [-0.05, 0) is 87.4 Å². The van der Waals surface area contributed by atoms with Gasteiger partial charge in [0, 0.05) is 31.6 Å². The Morgan fingerprint density at radius 1 is 0.430 bits per heavy atom. The van der Waals surface area contributed by atoms with Crippen molar-refractivity contribution in [2.75, 3.05) is 18.8 Å². The number of nitrogens with two attached hydrogens (primary N) is 3. The molecule has 0 bridgehead atoms. The van der Waals surface area contributed by atoms with Crippen molar-refractivity contribution in [2.45, 2.75) is 232 Å². The Kier molecular flexibility index (Phi) is 39.1. The van der Waals surface area contributed by atoms with Gasteiger partial charge in [0.15, 0.2) is 0 Å². The summed E-state index contributed by atoms with van der Waals surface area (Å²) in [4.78, 5) is 239. The first-order chi connectivity index (χ1) is 46.5. The van der Waals surface area contributed by atoms with Crippen LogP contribution < -0.4 is 75.7 Å². The molecule has 0 saturated carbocycles. The number of aliphatic carboxylic acids is 4. The Balaban J connectivity index is 3.55. The van der Waals surface area contributed by atoms with Gasteiger partial charge >= 0.3 is 23.9 Å². The molecule has 1 saturated heterocycles. The lowest BCUT2D eigenvalue weighted by atomic mass is 9.99. The molecular weight excluding hydrogens is 1340 g/mol. The van der Waals surface area contributed by atoms with Gasteiger partial charge in [0.25, 0.3) is 0 Å². The molecule has 1 aliphatic heterocycles. The molecule has 12 atom stereocenters. The first-order valence-corrected chi connectivity index (χ1v) is 33.5. The number of nitrogens with zero attached hydrogens (tertiary/aromatic N) is 1. The summed E-state index contributed by atoms with van der Waals surface area (Å²) >= 11 is 4.02. The number of carboxylic acid groups (broad SMARTS) is 4. The van der Waals surface area contributed by atoms with Crippen LogP contribution in [-0.4, -0.2) is 223 Å². The number of carbonyl (C=O) groups excluding carboxylic acids is 14. The molecule has 37 nitrogen and oxygen atoms in total. The van der Waals surface area contributed by atoms with Crippen LogP contribution in [0.1, 0.15) is 159 Å². The summed E-state index contributed by atoms with van der Waals surface area (Å²) in [6, 6.07) is -18.7. The van der Waals surface area contributed by atoms with Crippen LogP contribution in [0.15, 0.2) is 0 Å². The van der Waals surface area contributed by atoms with E-state index in [1.807, 2.05) is 0 Å². The van der Waals surface area contributed by atoms with Crippen molar-refractivity contribution in [1.29, 1.82) is 0 Å². The quantitative estimate of drug-likeness (QED) is 0.0255. The van der Waals surface area contributed by atoms with Gasteiger partial charge in [0.05, 0.1) is 25.4 Å². The van der Waals surface area contributed by atoms with Crippen molar-refractivity contribution >= 4 is 119 Å². The zero-order valence-electron chi connectivity index (χ0n) is 58.1. The van der Waals surface area contributed by atoms with E-state index < -0.39 is 243 Å². The SMILES string of the molecule is CC(C)C[C@H](NC(=O)[C@@H](NC(=O)[C@H](CC(N)=O)NC(=O)[C@H](CCC(=O)O)NC(=O)[C@H](CCC(N)=O)NC(=O)[C@H](CCC(=O)O)NC(=O)[C@@H]1CCCN1C(=O)[C@H](CC(C)C)NC(=O)[C@H](CC(=O)O)NC(=O)CNC(=O)[C@H](CC(C)C)NC(=O)[C@H](CC(C)C)NC(=O)[C@@H](N)CS)C(C)C)C(=O)O. The number of thiol groups is 1. The largest absolute Gasteiger partial charge is 0.481 e. The highest BCUT2D eigenvalue weighted by atomic mass is 32.1. The molecule has 21 N–H and O–H groups in total. The van der Waals surface area contributed by atoms with E-state index in [-0.39, 0.29) is 74.5 Å². The summed E-state index contributed by atoms with van der Waals surface area (Å²) in [6.07, 6.45) is -6.20. The van der Waals surface area contributed by atoms with E-state index in [1.54, 1.807) is 55.4 Å². The summed E-state index contributed by atoms with van der Waals surface area (Å²) in [5.74, 6) is -22.2. The van der Waals surface area contributed by atoms with Gasteiger partial charge in [-0.2, -0.15) is 12.6 Å². The fourth-order valence-corrected chi connectivity index (χ4v) is 10.5. The molecule has 0 aromatic heterocycles. The third kappa shape index (κ3) is 33.5. The van der Waals surface area contributed by atoms with Gasteiger partial charge in [0.2, 0.25) is 82.7 Å². The van der Waals surface area contributed by atoms with E-state index in [4.69, 9.17) is 17.2 Å². The van der Waals surface area contributed by atoms with Gasteiger partial charge in [-0.1, -0.05) is 69.2 Å². The van der Waals surface area contributed by atoms with Crippen molar-refractivity contribution in [3.05, 3.63) is 0 Å². The fourth-order valence-electron chi connectivity index (χ4n) is 10.3. The van der Waals surface area contributed by atoms with Crippen LogP contribution >= 0.6 is 12.6 Å². The molecule has 0 aromatic rings. The Labute approximate surface area is 584 Å². The maximum absolute atomic E-state index is 14.5. The summed E-state index contributed by atoms with van der Waals surface area (Å²) in [5, 5.41) is 64.8. The van der Waals surface area contributed by atoms with E-state index >= 15 is 0 Å². The number of carboxylic acids is 4. The first kappa shape index (κ1) is 88.8. The molecule has 1 rings (SSSR count). The molecule has 14 amide bonds. The summed E-state index contributed by atoms with van der Waals surface area (Å²) < 4.78 is 0. The lowest BCUT2D eigenvalue weighted by molar-refractivity contribution is -0.144. The lowest BCUT2D eigenvalue weighted by Gasteiger charge is -2.31. The third-order valence-electron chi connectivity index (χ3n) is 15.3. The molecule has 0 aliphatic carbocycles. The number of rotatable bonds is 47. The number of primary amides is 2. The average molecular weight is 1440 g/mol. The van der Waals surface area contributed by atoms with E-state index in [0.29, 0.717) is 0 Å². The number of amides is 14. The maximum atomic E-state index is 14.5. The van der Waals surface area contributed by atoms with Crippen LogP contribution in [-0.2, 0) is 86.3 Å². The van der Waals surface area contributed by atoms with Gasteiger partial charge in [-0.3, -0.25) is 81.5 Å². The monoisotopic (exact) mass is 1440 g/mol. The van der Waals surface area contributed by atoms with E-state index in [1.165, 1.54) is 13.8 Å². The van der Waals surface area contributed by atoms with Crippen LogP contribution in [0, 0.1) is 29.6 Å². The third-order valence-corrected chi connectivity index (χ3v) is 15.7. The molecule has 0 unspecified atom stereocenters. The molecule has 564 valence electrons. The normalized spacial score (nSPS) is 16.1. The average Bonchev–Trinajstić information content (AvgIpc) is 1.61. The van der Waals surface area contributed by atoms with E-state index in [2.05, 4.69) is 71.1 Å². The molecule has 0 radical (unpaired) electrons. The summed E-state index contributed by atoms with van der Waals surface area (Å²) in [5.41, 5.74) is 16.6. The minimum atomic E-state index is -1.94. The highest BCUT2D eigenvalue weighted by molar-refractivity contribution is 7.80. The second kappa shape index (κ2) is 44.0. The van der Waals surface area contributed by atoms with Gasteiger partial charge < -0.3 is 101 Å². The summed E-state index contributed by atoms with van der Waals surface area (Å²) in [7, 11) is 0. The number of likely N-dealkylation sites (tertiary alicyclic amines) is 1. The van der Waals surface area contributed by atoms with Crippen molar-refractivity contribution < 1.29 is 107 Å². The van der Waals surface area contributed by atoms with Crippen molar-refractivity contribution in [1.82, 2.24) is 63.4 Å². The topological polar surface area (TPSA) is 602 Å². The predicted molar refractivity (Wildman–Crippen MR) is 357 cm³/mol. The molecule has 1 heterocycles. The molecule has 100 heavy (non-hydrogen) atoms. The number of nitrogens with one attached hydrogen (secondary N) is 11. The van der Waals surface area contributed by atoms with E-state index in [0.717, 1.165) is 4.90 Å². The second-order valence-corrected chi connectivity index (χ2v) is 26.9. The molecule has 0 aromatic carbocycles. The van der Waals surface area contributed by atoms with Crippen LogP contribution in [0.3, 0.4) is 0 Å². The number of hydrogen-bond acceptors (Lipinski definition) is 20. The molecule has 38 heteroatoms. The van der Waals surface area contributed by atoms with Crippen LogP contribution in [0.25, 0.3) is 0 Å². The minimum Gasteiger partial charge on any atom is -0.481 e. The van der Waals surface area contributed by atoms with Gasteiger partial charge in [-0.25, -0.2) is 4.79 Å². The lowest BCUT2D eigenvalue weighted by Crippen LogP contribution is -2.61. The highest BCUT2D eigenvalue weighted by Crippen LogP contribution is 2.22. The zero-order valence-corrected chi connectivity index (χ0v) is 59.0. The van der Waals surface area contributed by atoms with Crippen molar-refractivity contribution in [3.8, 4) is 0 Å². The molecule has 1 fully saturated rings. The Bertz CT molecular complexity index is 2930. The Morgan fingerprint density at radius 3 is 1.27 bits per heavy atom. The van der Waals surface area contributed by atoms with Crippen LogP contribution in [0.2, 0.25) is 0 Å². The zero-order chi connectivity index (χ0) is 76.6. The highest BCUT2D eigenvalue weighted by Gasteiger charge is 2.42. The predicted octanol–water partition coefficient (Wildman–Crippen LogP) is -4.53. The smallest absolute Gasteiger partial charge is 0.326 e. The molecule has 0 spiro atoms. The van der Waals surface area contributed by atoms with Crippen LogP contribution in [0.5, 0.6) is 0 Å². The van der Waals surface area contributed by atoms with Crippen molar-refractivity contribution in [2.24, 2.45) is 46.8 Å².